The normalized spacial score (nSPS) is 10.5. The minimum Gasteiger partial charge on any atom is -1.00 e. The Bertz CT molecular complexity index is 1040. The second-order valence-corrected chi connectivity index (χ2v) is 14.9. The van der Waals surface area contributed by atoms with E-state index in [9.17, 15) is 28.8 Å². The molecule has 0 aromatic heterocycles. The SMILES string of the molecule is C=C(C)C(=O)OCC(CO)(CO)CO.C=C(C)C(=O)OCC(CO)(CO)CO.O=C(O)CCCCCCCCCCC(=O)O.O=C(O)CCCCCCCCCCC(=O)O.[H-].[Na+]. The Morgan fingerprint density at radius 1 is 0.393 bits per heavy atom. The largest absolute Gasteiger partial charge is 1.00 e. The third-order valence-corrected chi connectivity index (χ3v) is 8.79. The van der Waals surface area contributed by atoms with Gasteiger partial charge in [-0.1, -0.05) is 90.2 Å². The van der Waals surface area contributed by atoms with Crippen LogP contribution < -0.4 is 29.6 Å². The summed E-state index contributed by atoms with van der Waals surface area (Å²) in [6.45, 7) is 6.52. The maximum Gasteiger partial charge on any atom is 1.00 e. The number of hydrogen-bond donors (Lipinski definition) is 10. The van der Waals surface area contributed by atoms with Gasteiger partial charge in [0.15, 0.2) is 0 Å². The fourth-order valence-electron chi connectivity index (χ4n) is 4.48. The van der Waals surface area contributed by atoms with E-state index < -0.39 is 86.3 Å². The van der Waals surface area contributed by atoms with E-state index in [2.05, 4.69) is 13.2 Å². The molecule has 0 saturated heterocycles. The molecule has 18 nitrogen and oxygen atoms in total. The van der Waals surface area contributed by atoms with E-state index >= 15 is 0 Å². The average molecular weight is 893 g/mol. The Hall–Kier alpha value is -2.94. The second kappa shape index (κ2) is 45.1. The molecule has 0 spiro atoms. The molecular formula is C42H77NaO18. The minimum absolute atomic E-state index is 0. The molecule has 354 valence electrons. The Balaban J connectivity index is -0.000000167. The zero-order valence-corrected chi connectivity index (χ0v) is 39.0. The minimum atomic E-state index is -1.18. The zero-order valence-electron chi connectivity index (χ0n) is 38.0. The van der Waals surface area contributed by atoms with Crippen LogP contribution in [-0.4, -0.2) is 140 Å². The van der Waals surface area contributed by atoms with E-state index in [1.165, 1.54) is 13.8 Å². The Kier molecular flexibility index (Phi) is 49.6. The summed E-state index contributed by atoms with van der Waals surface area (Å²) in [5.41, 5.74) is -1.89. The van der Waals surface area contributed by atoms with Crippen molar-refractivity contribution in [2.45, 2.75) is 142 Å². The van der Waals surface area contributed by atoms with Crippen LogP contribution in [0.4, 0.5) is 0 Å². The molecule has 0 unspecified atom stereocenters. The smallest absolute Gasteiger partial charge is 1.00 e. The van der Waals surface area contributed by atoms with E-state index in [4.69, 9.17) is 60.5 Å². The quantitative estimate of drug-likeness (QED) is 0.0189. The second-order valence-electron chi connectivity index (χ2n) is 14.9. The molecule has 0 aromatic carbocycles. The number of carbonyl (C=O) groups is 6. The summed E-state index contributed by atoms with van der Waals surface area (Å²) in [7, 11) is 0. The molecule has 0 aliphatic rings. The molecule has 0 bridgehead atoms. The van der Waals surface area contributed by atoms with Gasteiger partial charge in [0.25, 0.3) is 0 Å². The molecule has 0 rings (SSSR count). The van der Waals surface area contributed by atoms with Crippen molar-refractivity contribution in [1.82, 2.24) is 0 Å². The Labute approximate surface area is 384 Å². The summed E-state index contributed by atoms with van der Waals surface area (Å²) in [6, 6.07) is 0. The van der Waals surface area contributed by atoms with Crippen molar-refractivity contribution in [2.75, 3.05) is 52.9 Å². The maximum atomic E-state index is 11.0. The first kappa shape index (κ1) is 67.1. The zero-order chi connectivity index (χ0) is 46.8. The number of aliphatic carboxylic acids is 4. The van der Waals surface area contributed by atoms with Gasteiger partial charge in [-0.25, -0.2) is 9.59 Å². The van der Waals surface area contributed by atoms with Gasteiger partial charge in [0.05, 0.1) is 50.5 Å². The third-order valence-electron chi connectivity index (χ3n) is 8.79. The van der Waals surface area contributed by atoms with Gasteiger partial charge in [-0.05, 0) is 39.5 Å². The topological polar surface area (TPSA) is 323 Å². The molecule has 0 radical (unpaired) electrons. The number of carboxylic acids is 4. The summed E-state index contributed by atoms with van der Waals surface area (Å²) in [4.78, 5) is 62.8. The summed E-state index contributed by atoms with van der Waals surface area (Å²) >= 11 is 0. The van der Waals surface area contributed by atoms with Gasteiger partial charge in [-0.15, -0.1) is 0 Å². The van der Waals surface area contributed by atoms with Crippen LogP contribution in [0.15, 0.2) is 24.3 Å². The summed E-state index contributed by atoms with van der Waals surface area (Å²) in [6.07, 6.45) is 17.0. The molecule has 0 atom stereocenters. The van der Waals surface area contributed by atoms with Gasteiger partial charge in [0.2, 0.25) is 0 Å². The molecule has 0 aliphatic carbocycles. The molecule has 0 heterocycles. The van der Waals surface area contributed by atoms with Gasteiger partial charge in [-0.2, -0.15) is 0 Å². The maximum absolute atomic E-state index is 11.0. The first-order valence-corrected chi connectivity index (χ1v) is 20.5. The van der Waals surface area contributed by atoms with Crippen molar-refractivity contribution in [3.05, 3.63) is 24.3 Å². The van der Waals surface area contributed by atoms with Crippen molar-refractivity contribution >= 4 is 35.8 Å². The number of aliphatic hydroxyl groups excluding tert-OH is 6. The van der Waals surface area contributed by atoms with E-state index in [0.717, 1.165) is 103 Å². The molecule has 10 N–H and O–H groups in total. The van der Waals surface area contributed by atoms with Crippen LogP contribution in [-0.2, 0) is 38.2 Å². The van der Waals surface area contributed by atoms with Gasteiger partial charge >= 0.3 is 65.4 Å². The molecule has 0 saturated carbocycles. The molecule has 0 aliphatic heterocycles. The number of rotatable bonds is 34. The van der Waals surface area contributed by atoms with E-state index in [0.29, 0.717) is 0 Å². The molecular weight excluding hydrogens is 815 g/mol. The molecule has 19 heteroatoms. The van der Waals surface area contributed by atoms with E-state index in [1.807, 2.05) is 0 Å². The number of ether oxygens (including phenoxy) is 2. The predicted molar refractivity (Wildman–Crippen MR) is 223 cm³/mol. The van der Waals surface area contributed by atoms with Crippen molar-refractivity contribution in [3.63, 3.8) is 0 Å². The molecule has 61 heavy (non-hydrogen) atoms. The van der Waals surface area contributed by atoms with Gasteiger partial charge < -0.3 is 62.0 Å². The fourth-order valence-corrected chi connectivity index (χ4v) is 4.48. The van der Waals surface area contributed by atoms with Crippen molar-refractivity contribution in [2.24, 2.45) is 10.8 Å². The van der Waals surface area contributed by atoms with Crippen molar-refractivity contribution in [1.29, 1.82) is 0 Å². The number of esters is 2. The number of carbonyl (C=O) groups excluding carboxylic acids is 2. The summed E-state index contributed by atoms with van der Waals surface area (Å²) in [5, 5.41) is 87.0. The van der Waals surface area contributed by atoms with Crippen LogP contribution in [0.1, 0.15) is 144 Å². The van der Waals surface area contributed by atoms with E-state index in [-0.39, 0.29) is 81.0 Å². The molecule has 0 fully saturated rings. The molecule has 0 aromatic rings. The van der Waals surface area contributed by atoms with E-state index in [1.54, 1.807) is 0 Å². The number of unbranched alkanes of at least 4 members (excludes halogenated alkanes) is 14. The van der Waals surface area contributed by atoms with Crippen LogP contribution >= 0.6 is 0 Å². The van der Waals surface area contributed by atoms with Gasteiger partial charge in [0, 0.05) is 36.8 Å². The predicted octanol–water partition coefficient (Wildman–Crippen LogP) is 1.37. The summed E-state index contributed by atoms with van der Waals surface area (Å²) < 4.78 is 9.45. The van der Waals surface area contributed by atoms with Crippen molar-refractivity contribution < 1.29 is 120 Å². The summed E-state index contributed by atoms with van der Waals surface area (Å²) in [5.74, 6) is -4.07. The third kappa shape index (κ3) is 46.4. The first-order chi connectivity index (χ1) is 28.3. The van der Waals surface area contributed by atoms with Crippen LogP contribution in [0.5, 0.6) is 0 Å². The van der Waals surface area contributed by atoms with Crippen LogP contribution in [0.3, 0.4) is 0 Å². The monoisotopic (exact) mass is 893 g/mol. The van der Waals surface area contributed by atoms with Crippen LogP contribution in [0, 0.1) is 10.8 Å². The number of hydrogen-bond acceptors (Lipinski definition) is 14. The molecule has 0 amide bonds. The number of aliphatic hydroxyl groups is 6. The number of carboxylic acid groups (broad SMARTS) is 4. The van der Waals surface area contributed by atoms with Crippen LogP contribution in [0.2, 0.25) is 0 Å². The van der Waals surface area contributed by atoms with Gasteiger partial charge in [-0.3, -0.25) is 19.2 Å². The Morgan fingerprint density at radius 3 is 0.689 bits per heavy atom. The first-order valence-electron chi connectivity index (χ1n) is 20.5. The van der Waals surface area contributed by atoms with Crippen molar-refractivity contribution in [3.8, 4) is 0 Å². The fraction of sp³-hybridized carbons (Fsp3) is 0.762. The van der Waals surface area contributed by atoms with Crippen LogP contribution in [0.25, 0.3) is 0 Å². The average Bonchev–Trinajstić information content (AvgIpc) is 3.20. The Morgan fingerprint density at radius 2 is 0.557 bits per heavy atom. The van der Waals surface area contributed by atoms with Gasteiger partial charge in [0.1, 0.15) is 13.2 Å². The standard InChI is InChI=1S/2C12H22O4.2C9H16O5.Na.H/c2*13-11(14)9-7-5-3-1-2-4-6-8-10-12(15)16;2*1-7(2)8(13)14-6-9(3-10,4-11)5-12;;/h2*1-10H2,(H,13,14)(H,15,16);2*10-12H,1,3-6H2,2H3;;/q;;;;+1;-1.